The third-order valence-corrected chi connectivity index (χ3v) is 5.02. The standard InChI is InChI=1S/C16H18N2O4S/c1-4-13(14-8-6-5-7-9-14)10-15(19)18-23(20,21)16-11(2)17-22-12(16)3/h4-9,13H,1,10H2,2-3H3,(H,18,19)/t13-/m1/s1. The van der Waals surface area contributed by atoms with E-state index in [1.165, 1.54) is 13.8 Å². The summed E-state index contributed by atoms with van der Waals surface area (Å²) in [4.78, 5) is 12.0. The van der Waals surface area contributed by atoms with Gasteiger partial charge in [0.2, 0.25) is 5.91 Å². The van der Waals surface area contributed by atoms with Gasteiger partial charge in [0.05, 0.1) is 0 Å². The smallest absolute Gasteiger partial charge is 0.269 e. The molecule has 1 heterocycles. The first-order valence-electron chi connectivity index (χ1n) is 7.01. The van der Waals surface area contributed by atoms with Gasteiger partial charge in [0.15, 0.2) is 10.7 Å². The Labute approximate surface area is 135 Å². The predicted molar refractivity (Wildman–Crippen MR) is 85.3 cm³/mol. The molecule has 2 aromatic rings. The summed E-state index contributed by atoms with van der Waals surface area (Å²) >= 11 is 0. The average molecular weight is 334 g/mol. The van der Waals surface area contributed by atoms with Gasteiger partial charge >= 0.3 is 0 Å². The first-order chi connectivity index (χ1) is 10.8. The number of rotatable bonds is 6. The van der Waals surface area contributed by atoms with E-state index in [2.05, 4.69) is 16.5 Å². The maximum absolute atomic E-state index is 12.3. The van der Waals surface area contributed by atoms with Crippen molar-refractivity contribution in [3.8, 4) is 0 Å². The van der Waals surface area contributed by atoms with Crippen LogP contribution in [0.2, 0.25) is 0 Å². The SMILES string of the molecule is C=C[C@H](CC(=O)NS(=O)(=O)c1c(C)noc1C)c1ccccc1. The molecule has 0 aliphatic rings. The van der Waals surface area contributed by atoms with Crippen LogP contribution in [0.3, 0.4) is 0 Å². The normalized spacial score (nSPS) is 12.6. The lowest BCUT2D eigenvalue weighted by Crippen LogP contribution is -2.32. The second kappa shape index (κ2) is 6.78. The van der Waals surface area contributed by atoms with Crippen molar-refractivity contribution in [2.45, 2.75) is 31.1 Å². The number of hydrogen-bond donors (Lipinski definition) is 1. The van der Waals surface area contributed by atoms with Gasteiger partial charge in [0.25, 0.3) is 10.0 Å². The summed E-state index contributed by atoms with van der Waals surface area (Å²) in [5, 5.41) is 3.59. The molecule has 0 bridgehead atoms. The molecule has 23 heavy (non-hydrogen) atoms. The highest BCUT2D eigenvalue weighted by molar-refractivity contribution is 7.90. The Morgan fingerprint density at radius 2 is 2.00 bits per heavy atom. The van der Waals surface area contributed by atoms with E-state index in [1.54, 1.807) is 6.08 Å². The summed E-state index contributed by atoms with van der Waals surface area (Å²) in [5.74, 6) is -0.735. The molecule has 0 saturated heterocycles. The minimum atomic E-state index is -4.00. The monoisotopic (exact) mass is 334 g/mol. The van der Waals surface area contributed by atoms with Crippen LogP contribution in [-0.4, -0.2) is 19.5 Å². The van der Waals surface area contributed by atoms with Crippen molar-refractivity contribution >= 4 is 15.9 Å². The molecule has 0 saturated carbocycles. The molecule has 0 fully saturated rings. The number of aromatic nitrogens is 1. The first kappa shape index (κ1) is 17.0. The molecular formula is C16H18N2O4S. The number of carbonyl (C=O) groups excluding carboxylic acids is 1. The number of benzene rings is 1. The fraction of sp³-hybridized carbons (Fsp3) is 0.250. The largest absolute Gasteiger partial charge is 0.360 e. The second-order valence-corrected chi connectivity index (χ2v) is 6.76. The van der Waals surface area contributed by atoms with Crippen molar-refractivity contribution in [1.29, 1.82) is 0 Å². The third kappa shape index (κ3) is 3.87. The van der Waals surface area contributed by atoms with Gasteiger partial charge in [-0.25, -0.2) is 13.1 Å². The van der Waals surface area contributed by atoms with Gasteiger partial charge in [-0.2, -0.15) is 0 Å². The van der Waals surface area contributed by atoms with Crippen molar-refractivity contribution < 1.29 is 17.7 Å². The molecule has 1 amide bonds. The van der Waals surface area contributed by atoms with Crippen LogP contribution in [0.15, 0.2) is 52.4 Å². The molecule has 1 aromatic heterocycles. The van der Waals surface area contributed by atoms with Crippen molar-refractivity contribution in [2.75, 3.05) is 0 Å². The van der Waals surface area contributed by atoms with Gasteiger partial charge < -0.3 is 4.52 Å². The molecular weight excluding hydrogens is 316 g/mol. The Morgan fingerprint density at radius 3 is 2.52 bits per heavy atom. The van der Waals surface area contributed by atoms with Crippen LogP contribution in [0.5, 0.6) is 0 Å². The molecule has 6 nitrogen and oxygen atoms in total. The lowest BCUT2D eigenvalue weighted by Gasteiger charge is -2.13. The van der Waals surface area contributed by atoms with Crippen LogP contribution in [0.1, 0.15) is 29.4 Å². The van der Waals surface area contributed by atoms with Crippen molar-refractivity contribution in [1.82, 2.24) is 9.88 Å². The summed E-state index contributed by atoms with van der Waals surface area (Å²) in [6.45, 7) is 6.70. The zero-order valence-corrected chi connectivity index (χ0v) is 13.8. The topological polar surface area (TPSA) is 89.3 Å². The van der Waals surface area contributed by atoms with Crippen molar-refractivity contribution in [2.24, 2.45) is 0 Å². The van der Waals surface area contributed by atoms with Gasteiger partial charge in [-0.15, -0.1) is 6.58 Å². The van der Waals surface area contributed by atoms with E-state index < -0.39 is 15.9 Å². The zero-order chi connectivity index (χ0) is 17.0. The Hall–Kier alpha value is -2.41. The van der Waals surface area contributed by atoms with Crippen LogP contribution in [0.4, 0.5) is 0 Å². The summed E-state index contributed by atoms with van der Waals surface area (Å²) < 4.78 is 31.5. The number of allylic oxidation sites excluding steroid dienone is 1. The predicted octanol–water partition coefficient (Wildman–Crippen LogP) is 2.46. The molecule has 0 aliphatic carbocycles. The number of hydrogen-bond acceptors (Lipinski definition) is 5. The molecule has 1 N–H and O–H groups in total. The molecule has 0 unspecified atom stereocenters. The first-order valence-corrected chi connectivity index (χ1v) is 8.49. The van der Waals surface area contributed by atoms with Crippen LogP contribution in [0, 0.1) is 13.8 Å². The van der Waals surface area contributed by atoms with Crippen LogP contribution in [-0.2, 0) is 14.8 Å². The van der Waals surface area contributed by atoms with E-state index >= 15 is 0 Å². The third-order valence-electron chi connectivity index (χ3n) is 3.40. The number of nitrogens with zero attached hydrogens (tertiary/aromatic N) is 1. The van der Waals surface area contributed by atoms with Gasteiger partial charge in [-0.05, 0) is 19.4 Å². The van der Waals surface area contributed by atoms with E-state index in [0.29, 0.717) is 0 Å². The lowest BCUT2D eigenvalue weighted by molar-refractivity contribution is -0.119. The van der Waals surface area contributed by atoms with Crippen molar-refractivity contribution in [3.63, 3.8) is 0 Å². The van der Waals surface area contributed by atoms with Crippen LogP contribution in [0.25, 0.3) is 0 Å². The highest BCUT2D eigenvalue weighted by atomic mass is 32.2. The van der Waals surface area contributed by atoms with E-state index in [9.17, 15) is 13.2 Å². The average Bonchev–Trinajstić information content (AvgIpc) is 2.85. The number of sulfonamides is 1. The molecule has 2 rings (SSSR count). The molecule has 1 atom stereocenters. The van der Waals surface area contributed by atoms with E-state index in [-0.39, 0.29) is 28.7 Å². The Balaban J connectivity index is 2.14. The molecule has 0 radical (unpaired) electrons. The Kier molecular flexibility index (Phi) is 5.00. The fourth-order valence-electron chi connectivity index (χ4n) is 2.34. The highest BCUT2D eigenvalue weighted by Gasteiger charge is 2.26. The summed E-state index contributed by atoms with van der Waals surface area (Å²) in [5.41, 5.74) is 1.11. The highest BCUT2D eigenvalue weighted by Crippen LogP contribution is 2.22. The maximum atomic E-state index is 12.3. The molecule has 7 heteroatoms. The number of amides is 1. The number of aryl methyl sites for hydroxylation is 2. The van der Waals surface area contributed by atoms with Gasteiger partial charge in [-0.3, -0.25) is 4.79 Å². The van der Waals surface area contributed by atoms with E-state index in [4.69, 9.17) is 4.52 Å². The summed E-state index contributed by atoms with van der Waals surface area (Å²) in [7, 11) is -4.00. The Bertz CT molecular complexity index is 790. The summed E-state index contributed by atoms with van der Waals surface area (Å²) in [6.07, 6.45) is 1.60. The second-order valence-electron chi connectivity index (χ2n) is 5.14. The van der Waals surface area contributed by atoms with Crippen LogP contribution >= 0.6 is 0 Å². The number of carbonyl (C=O) groups is 1. The Morgan fingerprint density at radius 1 is 1.35 bits per heavy atom. The quantitative estimate of drug-likeness (QED) is 0.820. The molecule has 0 aliphatic heterocycles. The lowest BCUT2D eigenvalue weighted by atomic mass is 9.96. The van der Waals surface area contributed by atoms with Gasteiger partial charge in [-0.1, -0.05) is 41.6 Å². The van der Waals surface area contributed by atoms with Gasteiger partial charge in [0, 0.05) is 12.3 Å². The van der Waals surface area contributed by atoms with Gasteiger partial charge in [0.1, 0.15) is 5.69 Å². The summed E-state index contributed by atoms with van der Waals surface area (Å²) in [6, 6.07) is 9.30. The van der Waals surface area contributed by atoms with Crippen LogP contribution < -0.4 is 4.72 Å². The fourth-order valence-corrected chi connectivity index (χ4v) is 3.67. The zero-order valence-electron chi connectivity index (χ0n) is 12.9. The van der Waals surface area contributed by atoms with E-state index in [0.717, 1.165) is 5.56 Å². The van der Waals surface area contributed by atoms with E-state index in [1.807, 2.05) is 30.3 Å². The van der Waals surface area contributed by atoms with Crippen molar-refractivity contribution in [3.05, 3.63) is 60.0 Å². The number of nitrogens with one attached hydrogen (secondary N) is 1. The molecule has 0 spiro atoms. The maximum Gasteiger partial charge on any atom is 0.269 e. The molecule has 1 aromatic carbocycles. The minimum Gasteiger partial charge on any atom is -0.360 e. The minimum absolute atomic E-state index is 0.0177. The molecule has 122 valence electrons.